The van der Waals surface area contributed by atoms with Crippen LogP contribution in [-0.4, -0.2) is 4.98 Å². The predicted molar refractivity (Wildman–Crippen MR) is 80.6 cm³/mol. The van der Waals surface area contributed by atoms with Crippen LogP contribution < -0.4 is 0 Å². The van der Waals surface area contributed by atoms with Gasteiger partial charge in [0.2, 0.25) is 0 Å². The molecule has 0 spiro atoms. The molecule has 3 aromatic rings. The summed E-state index contributed by atoms with van der Waals surface area (Å²) in [5.41, 5.74) is 2.75. The molecule has 0 unspecified atom stereocenters. The zero-order chi connectivity index (χ0) is 12.9. The molecule has 0 atom stereocenters. The van der Waals surface area contributed by atoms with Crippen molar-refractivity contribution in [3.63, 3.8) is 0 Å². The molecule has 2 aromatic heterocycles. The molecule has 0 saturated heterocycles. The van der Waals surface area contributed by atoms with E-state index in [2.05, 4.69) is 56.9 Å². The molecular weight excluding hydrogens is 238 g/mol. The molecule has 18 heavy (non-hydrogen) atoms. The number of rotatable bonds is 0. The summed E-state index contributed by atoms with van der Waals surface area (Å²) in [6.07, 6.45) is 1.91. The van der Waals surface area contributed by atoms with Gasteiger partial charge < -0.3 is 0 Å². The van der Waals surface area contributed by atoms with Gasteiger partial charge >= 0.3 is 0 Å². The molecule has 1 nitrogen and oxygen atoms in total. The Labute approximate surface area is 111 Å². The van der Waals surface area contributed by atoms with Crippen LogP contribution in [0.4, 0.5) is 0 Å². The molecule has 0 aliphatic carbocycles. The highest BCUT2D eigenvalue weighted by Crippen LogP contribution is 2.40. The number of hydrogen-bond acceptors (Lipinski definition) is 2. The van der Waals surface area contributed by atoms with E-state index >= 15 is 0 Å². The van der Waals surface area contributed by atoms with E-state index in [1.54, 1.807) is 0 Å². The van der Waals surface area contributed by atoms with Gasteiger partial charge in [-0.05, 0) is 24.0 Å². The standard InChI is InChI=1S/C16H17NS/c1-10-14-12(8-9-17-10)11-6-5-7-13(15(11)18-14)16(2,3)4/h5-9H,1-4H3. The third-order valence-electron chi connectivity index (χ3n) is 3.40. The van der Waals surface area contributed by atoms with Crippen molar-refractivity contribution in [2.24, 2.45) is 0 Å². The minimum Gasteiger partial charge on any atom is -0.260 e. The van der Waals surface area contributed by atoms with Gasteiger partial charge in [-0.15, -0.1) is 11.3 Å². The van der Waals surface area contributed by atoms with Gasteiger partial charge in [0.1, 0.15) is 0 Å². The first-order chi connectivity index (χ1) is 8.48. The molecular formula is C16H17NS. The lowest BCUT2D eigenvalue weighted by atomic mass is 9.86. The molecule has 92 valence electrons. The van der Waals surface area contributed by atoms with Crippen LogP contribution in [0, 0.1) is 6.92 Å². The van der Waals surface area contributed by atoms with Crippen molar-refractivity contribution in [2.75, 3.05) is 0 Å². The maximum absolute atomic E-state index is 4.40. The zero-order valence-corrected chi connectivity index (χ0v) is 12.1. The van der Waals surface area contributed by atoms with Gasteiger partial charge in [-0.2, -0.15) is 0 Å². The summed E-state index contributed by atoms with van der Waals surface area (Å²) >= 11 is 1.88. The van der Waals surface area contributed by atoms with Crippen molar-refractivity contribution in [1.29, 1.82) is 0 Å². The number of hydrogen-bond donors (Lipinski definition) is 0. The van der Waals surface area contributed by atoms with E-state index in [0.29, 0.717) is 0 Å². The van der Waals surface area contributed by atoms with Crippen molar-refractivity contribution >= 4 is 31.5 Å². The van der Waals surface area contributed by atoms with Crippen molar-refractivity contribution in [1.82, 2.24) is 4.98 Å². The van der Waals surface area contributed by atoms with E-state index in [0.717, 1.165) is 5.69 Å². The summed E-state index contributed by atoms with van der Waals surface area (Å²) in [6, 6.07) is 8.78. The number of aryl methyl sites for hydroxylation is 1. The Kier molecular flexibility index (Phi) is 2.46. The Morgan fingerprint density at radius 1 is 1.00 bits per heavy atom. The minimum absolute atomic E-state index is 0.182. The Balaban J connectivity index is 2.50. The zero-order valence-electron chi connectivity index (χ0n) is 11.2. The molecule has 0 amide bonds. The lowest BCUT2D eigenvalue weighted by Gasteiger charge is -2.19. The molecule has 0 fully saturated rings. The van der Waals surface area contributed by atoms with Gasteiger partial charge in [0.15, 0.2) is 0 Å². The highest BCUT2D eigenvalue weighted by Gasteiger charge is 2.19. The molecule has 2 heterocycles. The van der Waals surface area contributed by atoms with Gasteiger partial charge in [0.25, 0.3) is 0 Å². The summed E-state index contributed by atoms with van der Waals surface area (Å²) in [5.74, 6) is 0. The number of benzene rings is 1. The van der Waals surface area contributed by atoms with Crippen LogP contribution in [0.2, 0.25) is 0 Å². The highest BCUT2D eigenvalue weighted by molar-refractivity contribution is 7.26. The average Bonchev–Trinajstić information content (AvgIpc) is 2.68. The number of aromatic nitrogens is 1. The van der Waals surface area contributed by atoms with Gasteiger partial charge in [-0.1, -0.05) is 39.0 Å². The van der Waals surface area contributed by atoms with Crippen LogP contribution in [0.15, 0.2) is 30.5 Å². The summed E-state index contributed by atoms with van der Waals surface area (Å²) in [5, 5.41) is 2.71. The molecule has 0 saturated carbocycles. The minimum atomic E-state index is 0.182. The third kappa shape index (κ3) is 1.64. The van der Waals surface area contributed by atoms with E-state index in [1.165, 1.54) is 25.7 Å². The van der Waals surface area contributed by atoms with E-state index < -0.39 is 0 Å². The van der Waals surface area contributed by atoms with Crippen molar-refractivity contribution < 1.29 is 0 Å². The fourth-order valence-electron chi connectivity index (χ4n) is 2.45. The molecule has 2 heteroatoms. The fraction of sp³-hybridized carbons (Fsp3) is 0.312. The molecule has 0 aliphatic heterocycles. The summed E-state index contributed by atoms with van der Waals surface area (Å²) in [7, 11) is 0. The summed E-state index contributed by atoms with van der Waals surface area (Å²) in [4.78, 5) is 4.40. The second-order valence-electron chi connectivity index (χ2n) is 5.81. The molecule has 1 aromatic carbocycles. The maximum Gasteiger partial charge on any atom is 0.0568 e. The Morgan fingerprint density at radius 2 is 1.72 bits per heavy atom. The molecule has 3 rings (SSSR count). The van der Waals surface area contributed by atoms with Crippen LogP contribution >= 0.6 is 11.3 Å². The van der Waals surface area contributed by atoms with E-state index in [4.69, 9.17) is 0 Å². The lowest BCUT2D eigenvalue weighted by molar-refractivity contribution is 0.597. The van der Waals surface area contributed by atoms with Gasteiger partial charge in [0.05, 0.1) is 10.4 Å². The summed E-state index contributed by atoms with van der Waals surface area (Å²) < 4.78 is 2.74. The topological polar surface area (TPSA) is 12.9 Å². The van der Waals surface area contributed by atoms with Crippen LogP contribution in [0.25, 0.3) is 20.2 Å². The first-order valence-corrected chi connectivity index (χ1v) is 7.07. The predicted octanol–water partition coefficient (Wildman–Crippen LogP) is 5.06. The van der Waals surface area contributed by atoms with Crippen LogP contribution in [0.1, 0.15) is 32.0 Å². The van der Waals surface area contributed by atoms with E-state index in [1.807, 2.05) is 17.5 Å². The number of fused-ring (bicyclic) bond motifs is 3. The largest absolute Gasteiger partial charge is 0.260 e. The molecule has 0 bridgehead atoms. The maximum atomic E-state index is 4.40. The quantitative estimate of drug-likeness (QED) is 0.547. The monoisotopic (exact) mass is 255 g/mol. The number of thiophene rings is 1. The van der Waals surface area contributed by atoms with Crippen molar-refractivity contribution in [3.8, 4) is 0 Å². The smallest absolute Gasteiger partial charge is 0.0568 e. The number of nitrogens with zero attached hydrogens (tertiary/aromatic N) is 1. The second kappa shape index (κ2) is 3.79. The van der Waals surface area contributed by atoms with Gasteiger partial charge in [0, 0.05) is 21.7 Å². The fourth-order valence-corrected chi connectivity index (χ4v) is 3.91. The Bertz CT molecular complexity index is 732. The molecule has 0 aliphatic rings. The van der Waals surface area contributed by atoms with Crippen molar-refractivity contribution in [3.05, 3.63) is 41.7 Å². The second-order valence-corrected chi connectivity index (χ2v) is 6.83. The molecule has 0 N–H and O–H groups in total. The van der Waals surface area contributed by atoms with E-state index in [-0.39, 0.29) is 5.41 Å². The number of pyridine rings is 1. The van der Waals surface area contributed by atoms with Crippen molar-refractivity contribution in [2.45, 2.75) is 33.1 Å². The van der Waals surface area contributed by atoms with E-state index in [9.17, 15) is 0 Å². The average molecular weight is 255 g/mol. The molecule has 0 radical (unpaired) electrons. The first kappa shape index (κ1) is 11.7. The lowest BCUT2D eigenvalue weighted by Crippen LogP contribution is -2.10. The third-order valence-corrected chi connectivity index (χ3v) is 4.76. The van der Waals surface area contributed by atoms with Crippen LogP contribution in [0.5, 0.6) is 0 Å². The Morgan fingerprint density at radius 3 is 2.44 bits per heavy atom. The normalized spacial score (nSPS) is 12.4. The van der Waals surface area contributed by atoms with Gasteiger partial charge in [-0.25, -0.2) is 0 Å². The first-order valence-electron chi connectivity index (χ1n) is 6.26. The van der Waals surface area contributed by atoms with Crippen LogP contribution in [0.3, 0.4) is 0 Å². The summed E-state index contributed by atoms with van der Waals surface area (Å²) in [6.45, 7) is 8.92. The highest BCUT2D eigenvalue weighted by atomic mass is 32.1. The SMILES string of the molecule is Cc1nccc2c1sc1c(C(C)(C)C)cccc12. The Hall–Kier alpha value is -1.41. The van der Waals surface area contributed by atoms with Crippen LogP contribution in [-0.2, 0) is 5.41 Å². The van der Waals surface area contributed by atoms with Gasteiger partial charge in [-0.3, -0.25) is 4.98 Å².